The number of hydrogen-bond donors (Lipinski definition) is 2. The second-order valence-corrected chi connectivity index (χ2v) is 9.21. The fraction of sp³-hybridized carbons (Fsp3) is 0.583. The normalized spacial score (nSPS) is 17.3. The molecule has 3 rings (SSSR count). The molecule has 32 heavy (non-hydrogen) atoms. The molecule has 1 saturated heterocycles. The number of guanidine groups is 1. The monoisotopic (exact) mass is 572 g/mol. The molecule has 1 fully saturated rings. The van der Waals surface area contributed by atoms with E-state index in [4.69, 9.17) is 16.6 Å². The number of aryl methyl sites for hydroxylation is 3. The fourth-order valence-corrected chi connectivity index (χ4v) is 4.53. The molecule has 2 aromatic rings. The van der Waals surface area contributed by atoms with Gasteiger partial charge in [-0.15, -0.1) is 24.0 Å². The van der Waals surface area contributed by atoms with Crippen LogP contribution in [0.15, 0.2) is 23.2 Å². The maximum absolute atomic E-state index is 6.23. The minimum Gasteiger partial charge on any atom is -0.371 e. The van der Waals surface area contributed by atoms with Crippen LogP contribution in [-0.2, 0) is 13.5 Å². The molecule has 0 radical (unpaired) electrons. The van der Waals surface area contributed by atoms with Crippen LogP contribution in [0.3, 0.4) is 0 Å². The van der Waals surface area contributed by atoms with Crippen LogP contribution in [0.25, 0.3) is 0 Å². The first-order valence-electron chi connectivity index (χ1n) is 11.3. The highest BCUT2D eigenvalue weighted by Crippen LogP contribution is 2.29. The Kier molecular flexibility index (Phi) is 10.1. The van der Waals surface area contributed by atoms with Gasteiger partial charge in [0.15, 0.2) is 5.96 Å². The summed E-state index contributed by atoms with van der Waals surface area (Å²) in [4.78, 5) is 7.36. The van der Waals surface area contributed by atoms with E-state index in [9.17, 15) is 0 Å². The summed E-state index contributed by atoms with van der Waals surface area (Å²) in [6, 6.07) is 6.41. The molecule has 2 N–H and O–H groups in total. The van der Waals surface area contributed by atoms with Gasteiger partial charge in [-0.25, -0.2) is 0 Å². The van der Waals surface area contributed by atoms with Crippen LogP contribution in [0, 0.1) is 26.7 Å². The molecule has 0 bridgehead atoms. The molecular weight excluding hydrogens is 535 g/mol. The zero-order chi connectivity index (χ0) is 22.5. The highest BCUT2D eigenvalue weighted by Gasteiger charge is 2.24. The third kappa shape index (κ3) is 6.76. The predicted octanol–water partition coefficient (Wildman–Crippen LogP) is 4.63. The standard InChI is InChI=1S/C24H37ClN6.HI/c1-7-26-24(28-17(3)12-22-18(4)29-30(6)19(22)5)27-14-20-10-11-31(15-20)23-13-21(25)9-8-16(23)2;/h8-9,13,17,20H,7,10-12,14-15H2,1-6H3,(H2,26,27,28);1H. The van der Waals surface area contributed by atoms with E-state index in [2.05, 4.69) is 67.4 Å². The van der Waals surface area contributed by atoms with Gasteiger partial charge in [0.2, 0.25) is 0 Å². The number of hydrogen-bond acceptors (Lipinski definition) is 3. The van der Waals surface area contributed by atoms with Crippen LogP contribution < -0.4 is 15.5 Å². The van der Waals surface area contributed by atoms with Gasteiger partial charge in [0.25, 0.3) is 0 Å². The second-order valence-electron chi connectivity index (χ2n) is 8.77. The maximum Gasteiger partial charge on any atom is 0.191 e. The zero-order valence-electron chi connectivity index (χ0n) is 20.2. The summed E-state index contributed by atoms with van der Waals surface area (Å²) in [5.41, 5.74) is 6.19. The van der Waals surface area contributed by atoms with E-state index in [1.54, 1.807) is 0 Å². The molecule has 1 aromatic carbocycles. The molecule has 1 aliphatic rings. The third-order valence-electron chi connectivity index (χ3n) is 6.20. The summed E-state index contributed by atoms with van der Waals surface area (Å²) >= 11 is 6.23. The largest absolute Gasteiger partial charge is 0.371 e. The van der Waals surface area contributed by atoms with Crippen molar-refractivity contribution in [2.45, 2.75) is 53.5 Å². The molecule has 2 heterocycles. The zero-order valence-corrected chi connectivity index (χ0v) is 23.3. The maximum atomic E-state index is 6.23. The number of nitrogens with zero attached hydrogens (tertiary/aromatic N) is 4. The Bertz CT molecular complexity index is 925. The number of rotatable bonds is 7. The molecule has 6 nitrogen and oxygen atoms in total. The van der Waals surface area contributed by atoms with Gasteiger partial charge >= 0.3 is 0 Å². The van der Waals surface area contributed by atoms with E-state index < -0.39 is 0 Å². The Morgan fingerprint density at radius 3 is 2.72 bits per heavy atom. The van der Waals surface area contributed by atoms with Crippen molar-refractivity contribution in [1.29, 1.82) is 0 Å². The van der Waals surface area contributed by atoms with Gasteiger partial charge in [-0.2, -0.15) is 5.10 Å². The number of anilines is 1. The summed E-state index contributed by atoms with van der Waals surface area (Å²) in [5.74, 6) is 1.44. The van der Waals surface area contributed by atoms with Crippen molar-refractivity contribution < 1.29 is 0 Å². The number of aliphatic imine (C=N–C) groups is 1. The van der Waals surface area contributed by atoms with Crippen LogP contribution in [0.2, 0.25) is 5.02 Å². The van der Waals surface area contributed by atoms with Gasteiger partial charge < -0.3 is 15.5 Å². The molecule has 1 aromatic heterocycles. The van der Waals surface area contributed by atoms with E-state index in [0.717, 1.165) is 55.7 Å². The molecular formula is C24H38ClIN6. The van der Waals surface area contributed by atoms with Crippen molar-refractivity contribution in [3.63, 3.8) is 0 Å². The average molecular weight is 573 g/mol. The summed E-state index contributed by atoms with van der Waals surface area (Å²) in [7, 11) is 2.01. The first-order chi connectivity index (χ1) is 14.8. The highest BCUT2D eigenvalue weighted by molar-refractivity contribution is 14.0. The van der Waals surface area contributed by atoms with Crippen molar-refractivity contribution in [2.75, 3.05) is 31.1 Å². The molecule has 0 saturated carbocycles. The lowest BCUT2D eigenvalue weighted by Crippen LogP contribution is -2.43. The summed E-state index contributed by atoms with van der Waals surface area (Å²) < 4.78 is 1.96. The molecule has 1 aliphatic heterocycles. The first kappa shape index (κ1) is 26.8. The van der Waals surface area contributed by atoms with Crippen LogP contribution in [0.1, 0.15) is 42.8 Å². The minimum absolute atomic E-state index is 0. The van der Waals surface area contributed by atoms with Crippen LogP contribution in [0.5, 0.6) is 0 Å². The highest BCUT2D eigenvalue weighted by atomic mass is 127. The average Bonchev–Trinajstić information content (AvgIpc) is 3.28. The number of nitrogens with one attached hydrogen (secondary N) is 2. The lowest BCUT2D eigenvalue weighted by Gasteiger charge is -2.21. The fourth-order valence-electron chi connectivity index (χ4n) is 4.37. The third-order valence-corrected chi connectivity index (χ3v) is 6.44. The molecule has 0 spiro atoms. The van der Waals surface area contributed by atoms with Gasteiger partial charge in [0.05, 0.1) is 5.69 Å². The van der Waals surface area contributed by atoms with Gasteiger partial charge in [-0.1, -0.05) is 17.7 Å². The molecule has 178 valence electrons. The van der Waals surface area contributed by atoms with E-state index in [1.165, 1.54) is 22.5 Å². The van der Waals surface area contributed by atoms with Crippen molar-refractivity contribution >= 4 is 47.2 Å². The van der Waals surface area contributed by atoms with E-state index in [1.807, 2.05) is 17.8 Å². The Labute approximate surface area is 215 Å². The topological polar surface area (TPSA) is 57.5 Å². The Balaban J connectivity index is 0.00000363. The Morgan fingerprint density at radius 1 is 1.31 bits per heavy atom. The number of halogens is 2. The first-order valence-corrected chi connectivity index (χ1v) is 11.7. The predicted molar refractivity (Wildman–Crippen MR) is 147 cm³/mol. The Hall–Kier alpha value is -1.48. The summed E-state index contributed by atoms with van der Waals surface area (Å²) in [6.07, 6.45) is 2.08. The Morgan fingerprint density at radius 2 is 2.06 bits per heavy atom. The van der Waals surface area contributed by atoms with Crippen LogP contribution in [-0.4, -0.2) is 48.0 Å². The van der Waals surface area contributed by atoms with Crippen LogP contribution >= 0.6 is 35.6 Å². The van der Waals surface area contributed by atoms with Crippen molar-refractivity contribution in [1.82, 2.24) is 20.4 Å². The van der Waals surface area contributed by atoms with Gasteiger partial charge in [0, 0.05) is 55.7 Å². The summed E-state index contributed by atoms with van der Waals surface area (Å²) in [6.45, 7) is 14.4. The molecule has 8 heteroatoms. The van der Waals surface area contributed by atoms with Crippen molar-refractivity contribution in [3.8, 4) is 0 Å². The van der Waals surface area contributed by atoms with Crippen LogP contribution in [0.4, 0.5) is 5.69 Å². The number of benzene rings is 1. The van der Waals surface area contributed by atoms with E-state index in [-0.39, 0.29) is 30.0 Å². The molecule has 0 amide bonds. The molecule has 2 atom stereocenters. The summed E-state index contributed by atoms with van der Waals surface area (Å²) in [5, 5.41) is 12.3. The SMILES string of the molecule is CCNC(=NCC1CCN(c2cc(Cl)ccc2C)C1)NC(C)Cc1c(C)nn(C)c1C.I. The number of aromatic nitrogens is 2. The smallest absolute Gasteiger partial charge is 0.191 e. The van der Waals surface area contributed by atoms with E-state index >= 15 is 0 Å². The quantitative estimate of drug-likeness (QED) is 0.289. The minimum atomic E-state index is 0. The molecule has 2 unspecified atom stereocenters. The van der Waals surface area contributed by atoms with Gasteiger partial charge in [-0.05, 0) is 76.6 Å². The van der Waals surface area contributed by atoms with E-state index in [0.29, 0.717) is 5.92 Å². The lowest BCUT2D eigenvalue weighted by atomic mass is 10.1. The van der Waals surface area contributed by atoms with Gasteiger partial charge in [0.1, 0.15) is 0 Å². The second kappa shape index (κ2) is 12.1. The van der Waals surface area contributed by atoms with Crippen molar-refractivity contribution in [2.24, 2.45) is 18.0 Å². The van der Waals surface area contributed by atoms with Gasteiger partial charge in [-0.3, -0.25) is 9.67 Å². The molecule has 0 aliphatic carbocycles. The lowest BCUT2D eigenvalue weighted by molar-refractivity contribution is 0.589. The van der Waals surface area contributed by atoms with Crippen molar-refractivity contribution in [3.05, 3.63) is 45.7 Å².